The molecular weight excluding hydrogens is 604 g/mol. The zero-order valence-electron chi connectivity index (χ0n) is 28.5. The maximum Gasteiger partial charge on any atom is 0.210 e. The predicted octanol–water partition coefficient (Wildman–Crippen LogP) is 11.9. The number of anilines is 1. The highest BCUT2D eigenvalue weighted by molar-refractivity contribution is 6.33. The molecule has 0 amide bonds. The molecule has 4 aromatic rings. The maximum atomic E-state index is 7.27. The normalized spacial score (nSPS) is 23.3. The van der Waals surface area contributed by atoms with E-state index in [1.165, 1.54) is 120 Å². The van der Waals surface area contributed by atoms with Gasteiger partial charge in [0.1, 0.15) is 7.05 Å². The zero-order chi connectivity index (χ0) is 32.5. The van der Waals surface area contributed by atoms with E-state index in [4.69, 9.17) is 11.6 Å². The summed E-state index contributed by atoms with van der Waals surface area (Å²) in [5.41, 5.74) is 11.4. The summed E-state index contributed by atoms with van der Waals surface area (Å²) in [6.07, 6.45) is 24.3. The lowest BCUT2D eigenvalue weighted by Gasteiger charge is -2.37. The fraction of sp³-hybridized carbons (Fsp3) is 0.356. The highest BCUT2D eigenvalue weighted by atomic mass is 35.5. The van der Waals surface area contributed by atoms with E-state index in [-0.39, 0.29) is 10.8 Å². The van der Waals surface area contributed by atoms with Crippen LogP contribution in [0.2, 0.25) is 0 Å². The summed E-state index contributed by atoms with van der Waals surface area (Å²) in [7, 11) is 4.55. The number of halogens is 1. The highest BCUT2D eigenvalue weighted by Crippen LogP contribution is 2.57. The van der Waals surface area contributed by atoms with Crippen LogP contribution in [-0.4, -0.2) is 24.4 Å². The molecule has 4 aromatic carbocycles. The minimum absolute atomic E-state index is 0.0783. The number of hydrogen-bond acceptors (Lipinski definition) is 1. The van der Waals surface area contributed by atoms with Crippen LogP contribution in [0.3, 0.4) is 0 Å². The lowest BCUT2D eigenvalue weighted by Crippen LogP contribution is -2.36. The Kier molecular flexibility index (Phi) is 7.31. The lowest BCUT2D eigenvalue weighted by atomic mass is 9.66. The van der Waals surface area contributed by atoms with Crippen molar-refractivity contribution in [3.05, 3.63) is 130 Å². The van der Waals surface area contributed by atoms with Gasteiger partial charge < -0.3 is 4.90 Å². The van der Waals surface area contributed by atoms with Gasteiger partial charge in [-0.05, 0) is 95.0 Å². The second-order valence-electron chi connectivity index (χ2n) is 15.1. The van der Waals surface area contributed by atoms with Crippen LogP contribution in [0.15, 0.2) is 119 Å². The molecule has 2 fully saturated rings. The smallest absolute Gasteiger partial charge is 0.210 e. The Balaban J connectivity index is 1.08. The SMILES string of the molecule is CN1C(=CC=C2CCC(C=CC3=[N+](C)c4ccc5ccccc5c4C34CCCCC4)=C2Cl)C2(CCCCC2)c2c1ccc1ccccc21. The third-order valence-corrected chi connectivity index (χ3v) is 13.2. The molecule has 2 heterocycles. The van der Waals surface area contributed by atoms with E-state index in [2.05, 4.69) is 121 Å². The van der Waals surface area contributed by atoms with Crippen LogP contribution in [0.25, 0.3) is 21.5 Å². The van der Waals surface area contributed by atoms with Crippen molar-refractivity contribution in [1.29, 1.82) is 0 Å². The standard InChI is InChI=1S/C45H46ClN2/c1-47-37-23-19-31-13-5-7-15-35(31)41(37)44(27-9-3-10-28-44)39(47)25-21-33-17-18-34(43(33)46)22-26-40-45(29-11-4-12-30-45)42-36-16-8-6-14-32(36)20-24-38(42)48(40)2/h5-8,13-16,19-26H,3-4,9-12,17-18,27-30H2,1-2H3/q+1. The Morgan fingerprint density at radius 1 is 0.667 bits per heavy atom. The maximum absolute atomic E-state index is 7.27. The lowest BCUT2D eigenvalue weighted by molar-refractivity contribution is -0.401. The molecule has 2 saturated carbocycles. The van der Waals surface area contributed by atoms with Gasteiger partial charge in [0.15, 0.2) is 5.71 Å². The Bertz CT molecular complexity index is 2130. The van der Waals surface area contributed by atoms with Gasteiger partial charge in [-0.3, -0.25) is 0 Å². The second-order valence-corrected chi connectivity index (χ2v) is 15.4. The number of likely N-dealkylation sites (N-methyl/N-ethyl adjacent to an activating group) is 1. The molecule has 0 N–H and O–H groups in total. The Morgan fingerprint density at radius 3 is 2.00 bits per heavy atom. The van der Waals surface area contributed by atoms with Crippen molar-refractivity contribution in [2.45, 2.75) is 87.9 Å². The Hall–Kier alpha value is -3.88. The number of allylic oxidation sites excluding steroid dienone is 8. The van der Waals surface area contributed by atoms with Crippen molar-refractivity contribution < 1.29 is 4.58 Å². The number of hydrogen-bond donors (Lipinski definition) is 0. The summed E-state index contributed by atoms with van der Waals surface area (Å²) >= 11 is 7.27. The molecule has 2 aliphatic heterocycles. The molecule has 2 nitrogen and oxygen atoms in total. The van der Waals surface area contributed by atoms with Crippen molar-refractivity contribution in [2.75, 3.05) is 19.0 Å². The molecule has 242 valence electrons. The first kappa shape index (κ1) is 30.2. The predicted molar refractivity (Wildman–Crippen MR) is 204 cm³/mol. The molecule has 3 heteroatoms. The number of nitrogens with zero attached hydrogens (tertiary/aromatic N) is 2. The first-order chi connectivity index (χ1) is 23.5. The van der Waals surface area contributed by atoms with E-state index in [0.717, 1.165) is 17.9 Å². The summed E-state index contributed by atoms with van der Waals surface area (Å²) in [6, 6.07) is 27.3. The largest absolute Gasteiger partial charge is 0.347 e. The summed E-state index contributed by atoms with van der Waals surface area (Å²) in [6.45, 7) is 0. The average Bonchev–Trinajstić information content (AvgIpc) is 3.68. The van der Waals surface area contributed by atoms with Gasteiger partial charge in [0, 0.05) is 46.6 Å². The van der Waals surface area contributed by atoms with E-state index in [9.17, 15) is 0 Å². The van der Waals surface area contributed by atoms with Gasteiger partial charge in [0.25, 0.3) is 0 Å². The molecular formula is C45H46ClN2+. The van der Waals surface area contributed by atoms with Crippen LogP contribution in [0, 0.1) is 0 Å². The Labute approximate surface area is 290 Å². The molecule has 3 aliphatic carbocycles. The average molecular weight is 650 g/mol. The van der Waals surface area contributed by atoms with Crippen molar-refractivity contribution in [3.63, 3.8) is 0 Å². The van der Waals surface area contributed by atoms with Gasteiger partial charge in [-0.1, -0.05) is 117 Å². The molecule has 48 heavy (non-hydrogen) atoms. The van der Waals surface area contributed by atoms with E-state index in [1.807, 2.05) is 0 Å². The van der Waals surface area contributed by atoms with Crippen LogP contribution in [0.4, 0.5) is 11.4 Å². The summed E-state index contributed by atoms with van der Waals surface area (Å²) < 4.78 is 2.48. The van der Waals surface area contributed by atoms with Gasteiger partial charge in [0.2, 0.25) is 5.69 Å². The molecule has 0 saturated heterocycles. The van der Waals surface area contributed by atoms with Gasteiger partial charge in [-0.15, -0.1) is 0 Å². The van der Waals surface area contributed by atoms with Crippen molar-refractivity contribution >= 4 is 50.2 Å². The molecule has 0 radical (unpaired) electrons. The molecule has 0 atom stereocenters. The van der Waals surface area contributed by atoms with Crippen molar-refractivity contribution in [3.8, 4) is 0 Å². The molecule has 0 unspecified atom stereocenters. The van der Waals surface area contributed by atoms with Crippen LogP contribution in [-0.2, 0) is 10.8 Å². The zero-order valence-corrected chi connectivity index (χ0v) is 29.3. The fourth-order valence-electron chi connectivity index (χ4n) is 10.5. The van der Waals surface area contributed by atoms with Crippen molar-refractivity contribution in [1.82, 2.24) is 0 Å². The molecule has 0 aromatic heterocycles. The Morgan fingerprint density at radius 2 is 1.29 bits per heavy atom. The first-order valence-electron chi connectivity index (χ1n) is 18.4. The third-order valence-electron chi connectivity index (χ3n) is 12.7. The van der Waals surface area contributed by atoms with Gasteiger partial charge in [-0.25, -0.2) is 0 Å². The third kappa shape index (κ3) is 4.41. The van der Waals surface area contributed by atoms with Crippen LogP contribution in [0.5, 0.6) is 0 Å². The summed E-state index contributed by atoms with van der Waals surface area (Å²) in [4.78, 5) is 2.48. The number of fused-ring (bicyclic) bond motifs is 8. The van der Waals surface area contributed by atoms with E-state index >= 15 is 0 Å². The molecule has 2 spiro atoms. The summed E-state index contributed by atoms with van der Waals surface area (Å²) in [5, 5.41) is 6.50. The van der Waals surface area contributed by atoms with Gasteiger partial charge in [-0.2, -0.15) is 4.58 Å². The monoisotopic (exact) mass is 649 g/mol. The van der Waals surface area contributed by atoms with E-state index < -0.39 is 0 Å². The molecule has 0 bridgehead atoms. The van der Waals surface area contributed by atoms with Crippen LogP contribution >= 0.6 is 11.6 Å². The quantitative estimate of drug-likeness (QED) is 0.200. The van der Waals surface area contributed by atoms with Crippen LogP contribution in [0.1, 0.15) is 88.2 Å². The fourth-order valence-corrected chi connectivity index (χ4v) is 10.8. The molecule has 5 aliphatic rings. The summed E-state index contributed by atoms with van der Waals surface area (Å²) in [5.74, 6) is 0. The van der Waals surface area contributed by atoms with E-state index in [1.54, 1.807) is 11.1 Å². The minimum atomic E-state index is 0.0783. The number of rotatable bonds is 3. The number of benzene rings is 4. The van der Waals surface area contributed by atoms with Gasteiger partial charge >= 0.3 is 0 Å². The van der Waals surface area contributed by atoms with Crippen molar-refractivity contribution in [2.24, 2.45) is 0 Å². The second kappa shape index (κ2) is 11.6. The first-order valence-corrected chi connectivity index (χ1v) is 18.8. The van der Waals surface area contributed by atoms with Crippen LogP contribution < -0.4 is 4.90 Å². The molecule has 9 rings (SSSR count). The topological polar surface area (TPSA) is 6.25 Å². The van der Waals surface area contributed by atoms with Gasteiger partial charge in [0.05, 0.1) is 5.41 Å². The highest BCUT2D eigenvalue weighted by Gasteiger charge is 2.51. The minimum Gasteiger partial charge on any atom is -0.347 e. The van der Waals surface area contributed by atoms with E-state index in [0.29, 0.717) is 0 Å².